The van der Waals surface area contributed by atoms with Gasteiger partial charge in [-0.15, -0.1) is 0 Å². The fourth-order valence-corrected chi connectivity index (χ4v) is 3.54. The molecule has 0 aliphatic carbocycles. The number of nitrogens with one attached hydrogen (secondary N) is 1. The molecule has 3 saturated heterocycles. The van der Waals surface area contributed by atoms with E-state index in [2.05, 4.69) is 17.3 Å². The van der Waals surface area contributed by atoms with Crippen LogP contribution in [0.2, 0.25) is 0 Å². The molecule has 6 heteroatoms. The molecule has 3 heterocycles. The summed E-state index contributed by atoms with van der Waals surface area (Å²) < 4.78 is 0. The molecule has 0 saturated carbocycles. The molecule has 98 valence electrons. The summed E-state index contributed by atoms with van der Waals surface area (Å²) in [5, 5.41) is 2.08. The van der Waals surface area contributed by atoms with Crippen molar-refractivity contribution < 1.29 is 14.4 Å². The zero-order valence-corrected chi connectivity index (χ0v) is 10.4. The Labute approximate surface area is 105 Å². The average Bonchev–Trinajstić information content (AvgIpc) is 2.53. The number of fused-ring (bicyclic) bond motifs is 2. The van der Waals surface area contributed by atoms with E-state index in [1.54, 1.807) is 0 Å². The molecule has 18 heavy (non-hydrogen) atoms. The van der Waals surface area contributed by atoms with Crippen LogP contribution in [0.1, 0.15) is 32.1 Å². The molecule has 2 bridgehead atoms. The van der Waals surface area contributed by atoms with Crippen molar-refractivity contribution in [1.82, 2.24) is 15.1 Å². The Morgan fingerprint density at radius 2 is 1.67 bits per heavy atom. The average molecular weight is 251 g/mol. The maximum Gasteiger partial charge on any atom is 0.331 e. The number of hydrogen-bond donors (Lipinski definition) is 1. The van der Waals surface area contributed by atoms with Crippen LogP contribution in [0.4, 0.5) is 4.79 Å². The highest BCUT2D eigenvalue weighted by Crippen LogP contribution is 2.35. The predicted octanol–water partition coefficient (Wildman–Crippen LogP) is 0.0801. The Kier molecular flexibility index (Phi) is 2.62. The van der Waals surface area contributed by atoms with Gasteiger partial charge in [-0.3, -0.25) is 19.8 Å². The van der Waals surface area contributed by atoms with Gasteiger partial charge in [0.15, 0.2) is 0 Å². The second-order valence-electron chi connectivity index (χ2n) is 5.46. The lowest BCUT2D eigenvalue weighted by atomic mass is 9.82. The van der Waals surface area contributed by atoms with Gasteiger partial charge in [-0.2, -0.15) is 0 Å². The Morgan fingerprint density at radius 3 is 2.17 bits per heavy atom. The molecule has 1 N–H and O–H groups in total. The van der Waals surface area contributed by atoms with Crippen molar-refractivity contribution in [2.75, 3.05) is 7.05 Å². The fourth-order valence-electron chi connectivity index (χ4n) is 3.54. The first kappa shape index (κ1) is 11.6. The lowest BCUT2D eigenvalue weighted by Gasteiger charge is -2.48. The highest BCUT2D eigenvalue weighted by molar-refractivity contribution is 6.44. The van der Waals surface area contributed by atoms with Crippen molar-refractivity contribution in [2.45, 2.75) is 50.2 Å². The number of piperidine rings is 2. The monoisotopic (exact) mass is 251 g/mol. The number of carbonyl (C=O) groups is 3. The van der Waals surface area contributed by atoms with E-state index in [4.69, 9.17) is 0 Å². The van der Waals surface area contributed by atoms with E-state index in [0.717, 1.165) is 30.6 Å². The molecule has 3 fully saturated rings. The quantitative estimate of drug-likeness (QED) is 0.529. The van der Waals surface area contributed by atoms with Gasteiger partial charge in [-0.05, 0) is 32.7 Å². The van der Waals surface area contributed by atoms with Crippen LogP contribution in [-0.2, 0) is 9.59 Å². The number of hydrogen-bond acceptors (Lipinski definition) is 4. The minimum absolute atomic E-state index is 0.115. The molecule has 3 aliphatic rings. The van der Waals surface area contributed by atoms with Crippen LogP contribution in [0.5, 0.6) is 0 Å². The SMILES string of the molecule is CN1C2CCCC1CC(N1C(=O)NC(=O)C1=O)C2. The Bertz CT molecular complexity index is 409. The summed E-state index contributed by atoms with van der Waals surface area (Å²) in [6, 6.07) is 0.200. The summed E-state index contributed by atoms with van der Waals surface area (Å²) in [5.74, 6) is -1.48. The molecule has 3 rings (SSSR count). The fraction of sp³-hybridized carbons (Fsp3) is 0.750. The molecule has 0 aromatic rings. The van der Waals surface area contributed by atoms with E-state index in [9.17, 15) is 14.4 Å². The van der Waals surface area contributed by atoms with Crippen molar-refractivity contribution in [3.63, 3.8) is 0 Å². The minimum atomic E-state index is -0.788. The highest BCUT2D eigenvalue weighted by Gasteiger charge is 2.46. The van der Waals surface area contributed by atoms with Crippen LogP contribution in [0.25, 0.3) is 0 Å². The highest BCUT2D eigenvalue weighted by atomic mass is 16.2. The maximum absolute atomic E-state index is 11.7. The molecule has 2 atom stereocenters. The number of imide groups is 2. The van der Waals surface area contributed by atoms with E-state index in [1.807, 2.05) is 0 Å². The summed E-state index contributed by atoms with van der Waals surface area (Å²) >= 11 is 0. The third kappa shape index (κ3) is 1.63. The molecule has 0 radical (unpaired) electrons. The molecular formula is C12H17N3O3. The molecule has 0 aromatic carbocycles. The maximum atomic E-state index is 11.7. The summed E-state index contributed by atoms with van der Waals surface area (Å²) in [5.41, 5.74) is 0. The van der Waals surface area contributed by atoms with Gasteiger partial charge in [0.25, 0.3) is 0 Å². The van der Waals surface area contributed by atoms with E-state index >= 15 is 0 Å². The van der Waals surface area contributed by atoms with Gasteiger partial charge in [0.1, 0.15) is 0 Å². The summed E-state index contributed by atoms with van der Waals surface area (Å²) in [6.45, 7) is 0. The van der Waals surface area contributed by atoms with Gasteiger partial charge >= 0.3 is 17.8 Å². The largest absolute Gasteiger partial charge is 0.331 e. The van der Waals surface area contributed by atoms with Gasteiger partial charge < -0.3 is 4.90 Å². The number of amides is 4. The molecule has 6 nitrogen and oxygen atoms in total. The van der Waals surface area contributed by atoms with Crippen molar-refractivity contribution in [2.24, 2.45) is 0 Å². The van der Waals surface area contributed by atoms with Crippen molar-refractivity contribution >= 4 is 17.8 Å². The van der Waals surface area contributed by atoms with Crippen LogP contribution in [0.3, 0.4) is 0 Å². The van der Waals surface area contributed by atoms with E-state index in [0.29, 0.717) is 12.1 Å². The normalized spacial score (nSPS) is 37.1. The second kappa shape index (κ2) is 4.05. The third-order valence-corrected chi connectivity index (χ3v) is 4.53. The first-order chi connectivity index (χ1) is 8.58. The van der Waals surface area contributed by atoms with Gasteiger partial charge in [0.2, 0.25) is 0 Å². The van der Waals surface area contributed by atoms with Crippen molar-refractivity contribution in [3.05, 3.63) is 0 Å². The lowest BCUT2D eigenvalue weighted by Crippen LogP contribution is -2.56. The zero-order valence-electron chi connectivity index (χ0n) is 10.4. The summed E-state index contributed by atoms with van der Waals surface area (Å²) in [7, 11) is 2.11. The smallest absolute Gasteiger partial charge is 0.300 e. The third-order valence-electron chi connectivity index (χ3n) is 4.53. The molecule has 0 spiro atoms. The van der Waals surface area contributed by atoms with Crippen LogP contribution in [0.15, 0.2) is 0 Å². The number of nitrogens with zero attached hydrogens (tertiary/aromatic N) is 2. The van der Waals surface area contributed by atoms with Crippen molar-refractivity contribution in [1.29, 1.82) is 0 Å². The topological polar surface area (TPSA) is 69.7 Å². The molecule has 2 unspecified atom stereocenters. The van der Waals surface area contributed by atoms with E-state index < -0.39 is 17.8 Å². The summed E-state index contributed by atoms with van der Waals surface area (Å²) in [4.78, 5) is 38.1. The first-order valence-electron chi connectivity index (χ1n) is 6.48. The van der Waals surface area contributed by atoms with Gasteiger partial charge in [-0.1, -0.05) is 6.42 Å². The van der Waals surface area contributed by atoms with E-state index in [-0.39, 0.29) is 6.04 Å². The lowest BCUT2D eigenvalue weighted by molar-refractivity contribution is -0.142. The molecular weight excluding hydrogens is 234 g/mol. The van der Waals surface area contributed by atoms with Crippen LogP contribution < -0.4 is 5.32 Å². The first-order valence-corrected chi connectivity index (χ1v) is 6.48. The Balaban J connectivity index is 1.80. The number of carbonyl (C=O) groups excluding carboxylic acids is 3. The van der Waals surface area contributed by atoms with Crippen LogP contribution in [-0.4, -0.2) is 52.8 Å². The zero-order chi connectivity index (χ0) is 12.9. The van der Waals surface area contributed by atoms with Gasteiger partial charge in [-0.25, -0.2) is 4.79 Å². The van der Waals surface area contributed by atoms with Crippen molar-refractivity contribution in [3.8, 4) is 0 Å². The Morgan fingerprint density at radius 1 is 1.06 bits per heavy atom. The predicted molar refractivity (Wildman–Crippen MR) is 62.6 cm³/mol. The molecule has 0 aromatic heterocycles. The molecule has 4 amide bonds. The molecule has 3 aliphatic heterocycles. The van der Waals surface area contributed by atoms with Gasteiger partial charge in [0, 0.05) is 18.1 Å². The standard InChI is InChI=1S/C12H17N3O3/c1-14-7-3-2-4-8(14)6-9(5-7)15-11(17)10(16)13-12(15)18/h7-9H,2-6H2,1H3,(H,13,16,18). The minimum Gasteiger partial charge on any atom is -0.300 e. The van der Waals surface area contributed by atoms with Crippen LogP contribution in [0, 0.1) is 0 Å². The Hall–Kier alpha value is -1.43. The number of rotatable bonds is 1. The van der Waals surface area contributed by atoms with Crippen LogP contribution >= 0.6 is 0 Å². The number of urea groups is 1. The van der Waals surface area contributed by atoms with Gasteiger partial charge in [0.05, 0.1) is 0 Å². The van der Waals surface area contributed by atoms with E-state index in [1.165, 1.54) is 6.42 Å². The summed E-state index contributed by atoms with van der Waals surface area (Å²) in [6.07, 6.45) is 5.02. The second-order valence-corrected chi connectivity index (χ2v) is 5.46.